The molecule has 27 heavy (non-hydrogen) atoms. The fourth-order valence-corrected chi connectivity index (χ4v) is 2.92. The van der Waals surface area contributed by atoms with Crippen LogP contribution in [0.5, 0.6) is 5.75 Å². The standard InChI is InChI=1S/C16H20F3N3O5/c17-16(18,19)27-11-3-1-9(2-4-11)15(25)7-5-10(6-8-15)26-13(20)12(22-21)14(23)24/h1-4,10,22,25H,5-8,20-21H2,(H,23,24)/b13-12+. The van der Waals surface area contributed by atoms with Crippen LogP contribution >= 0.6 is 0 Å². The number of benzene rings is 1. The highest BCUT2D eigenvalue weighted by Crippen LogP contribution is 2.39. The number of hydrogen-bond donors (Lipinski definition) is 5. The molecule has 150 valence electrons. The SMILES string of the molecule is NN/C(C(=O)O)=C(\N)OC1CCC(O)(c2ccc(OC(F)(F)F)cc2)CC1. The highest BCUT2D eigenvalue weighted by atomic mass is 19.4. The van der Waals surface area contributed by atoms with Gasteiger partial charge in [-0.05, 0) is 43.4 Å². The summed E-state index contributed by atoms with van der Waals surface area (Å²) >= 11 is 0. The fourth-order valence-electron chi connectivity index (χ4n) is 2.92. The molecule has 0 aliphatic heterocycles. The van der Waals surface area contributed by atoms with Crippen LogP contribution in [0.15, 0.2) is 35.8 Å². The van der Waals surface area contributed by atoms with Crippen molar-refractivity contribution >= 4 is 5.97 Å². The van der Waals surface area contributed by atoms with Gasteiger partial charge in [0.05, 0.1) is 5.60 Å². The Hall–Kier alpha value is -2.66. The van der Waals surface area contributed by atoms with E-state index < -0.39 is 29.7 Å². The van der Waals surface area contributed by atoms with E-state index in [1.54, 1.807) is 0 Å². The molecule has 1 aliphatic rings. The Balaban J connectivity index is 2.00. The molecule has 8 nitrogen and oxygen atoms in total. The van der Waals surface area contributed by atoms with E-state index in [9.17, 15) is 23.1 Å². The molecule has 0 amide bonds. The van der Waals surface area contributed by atoms with E-state index >= 15 is 0 Å². The Morgan fingerprint density at radius 2 is 1.78 bits per heavy atom. The number of ether oxygens (including phenoxy) is 2. The molecule has 0 aromatic heterocycles. The van der Waals surface area contributed by atoms with Crippen LogP contribution in [0, 0.1) is 0 Å². The molecule has 0 unspecified atom stereocenters. The average Bonchev–Trinajstić information content (AvgIpc) is 2.56. The topological polar surface area (TPSA) is 140 Å². The van der Waals surface area contributed by atoms with E-state index in [1.807, 2.05) is 5.43 Å². The maximum Gasteiger partial charge on any atom is 0.573 e. The zero-order valence-electron chi connectivity index (χ0n) is 14.1. The number of halogens is 3. The van der Waals surface area contributed by atoms with Crippen molar-refractivity contribution in [2.24, 2.45) is 11.6 Å². The van der Waals surface area contributed by atoms with Crippen molar-refractivity contribution in [3.05, 3.63) is 41.4 Å². The largest absolute Gasteiger partial charge is 0.573 e. The van der Waals surface area contributed by atoms with Crippen LogP contribution in [0.1, 0.15) is 31.2 Å². The number of carbonyl (C=O) groups is 1. The van der Waals surface area contributed by atoms with E-state index in [1.165, 1.54) is 12.1 Å². The summed E-state index contributed by atoms with van der Waals surface area (Å²) < 4.78 is 45.8. The van der Waals surface area contributed by atoms with Crippen LogP contribution in [0.4, 0.5) is 13.2 Å². The van der Waals surface area contributed by atoms with Gasteiger partial charge in [-0.1, -0.05) is 12.1 Å². The van der Waals surface area contributed by atoms with Gasteiger partial charge in [0.1, 0.15) is 11.9 Å². The Bertz CT molecular complexity index is 698. The quantitative estimate of drug-likeness (QED) is 0.212. The number of aliphatic hydroxyl groups is 1. The van der Waals surface area contributed by atoms with Gasteiger partial charge in [0.2, 0.25) is 5.88 Å². The molecule has 1 fully saturated rings. The Morgan fingerprint density at radius 3 is 2.22 bits per heavy atom. The van der Waals surface area contributed by atoms with Gasteiger partial charge in [-0.3, -0.25) is 5.84 Å². The van der Waals surface area contributed by atoms with Gasteiger partial charge in [0.25, 0.3) is 0 Å². The van der Waals surface area contributed by atoms with Crippen LogP contribution < -0.4 is 21.7 Å². The summed E-state index contributed by atoms with van der Waals surface area (Å²) in [6.45, 7) is 0. The summed E-state index contributed by atoms with van der Waals surface area (Å²) in [5, 5.41) is 19.7. The Labute approximate surface area is 152 Å². The number of rotatable bonds is 6. The van der Waals surface area contributed by atoms with E-state index in [0.717, 1.165) is 12.1 Å². The molecule has 1 aliphatic carbocycles. The molecule has 0 atom stereocenters. The lowest BCUT2D eigenvalue weighted by Crippen LogP contribution is -2.36. The van der Waals surface area contributed by atoms with Crippen molar-refractivity contribution in [2.45, 2.75) is 43.8 Å². The van der Waals surface area contributed by atoms with Crippen molar-refractivity contribution in [3.63, 3.8) is 0 Å². The molecule has 0 bridgehead atoms. The second-order valence-electron chi connectivity index (χ2n) is 6.11. The molecule has 1 aromatic rings. The monoisotopic (exact) mass is 391 g/mol. The number of nitrogens with one attached hydrogen (secondary N) is 1. The third-order valence-electron chi connectivity index (χ3n) is 4.28. The molecule has 1 aromatic carbocycles. The number of nitrogens with two attached hydrogens (primary N) is 2. The van der Waals surface area contributed by atoms with Crippen molar-refractivity contribution in [2.75, 3.05) is 0 Å². The summed E-state index contributed by atoms with van der Waals surface area (Å²) in [5.74, 6) is 2.97. The normalized spacial score (nSPS) is 24.0. The number of aliphatic carboxylic acids is 1. The van der Waals surface area contributed by atoms with Gasteiger partial charge in [0, 0.05) is 0 Å². The predicted octanol–water partition coefficient (Wildman–Crippen LogP) is 1.41. The maximum absolute atomic E-state index is 12.2. The molecule has 0 radical (unpaired) electrons. The molecule has 0 spiro atoms. The summed E-state index contributed by atoms with van der Waals surface area (Å²) in [4.78, 5) is 10.9. The van der Waals surface area contributed by atoms with Crippen LogP contribution in [0.3, 0.4) is 0 Å². The van der Waals surface area contributed by atoms with Crippen LogP contribution in [-0.2, 0) is 15.1 Å². The van der Waals surface area contributed by atoms with Crippen molar-refractivity contribution in [1.82, 2.24) is 5.43 Å². The molecule has 11 heteroatoms. The molecular weight excluding hydrogens is 371 g/mol. The lowest BCUT2D eigenvalue weighted by molar-refractivity contribution is -0.274. The van der Waals surface area contributed by atoms with E-state index in [4.69, 9.17) is 21.4 Å². The first-order valence-electron chi connectivity index (χ1n) is 7.99. The van der Waals surface area contributed by atoms with E-state index in [0.29, 0.717) is 18.4 Å². The third-order valence-corrected chi connectivity index (χ3v) is 4.28. The summed E-state index contributed by atoms with van der Waals surface area (Å²) in [7, 11) is 0. The highest BCUT2D eigenvalue weighted by Gasteiger charge is 2.36. The fraction of sp³-hybridized carbons (Fsp3) is 0.438. The van der Waals surface area contributed by atoms with E-state index in [2.05, 4.69) is 4.74 Å². The summed E-state index contributed by atoms with van der Waals surface area (Å²) in [5.41, 5.74) is 6.25. The summed E-state index contributed by atoms with van der Waals surface area (Å²) in [6.07, 6.45) is -3.99. The lowest BCUT2D eigenvalue weighted by atomic mass is 9.78. The molecule has 7 N–H and O–H groups in total. The van der Waals surface area contributed by atoms with Gasteiger partial charge < -0.3 is 30.8 Å². The minimum Gasteiger partial charge on any atom is -0.476 e. The highest BCUT2D eigenvalue weighted by molar-refractivity contribution is 5.86. The molecular formula is C16H20F3N3O5. The Morgan fingerprint density at radius 1 is 1.22 bits per heavy atom. The first-order chi connectivity index (χ1) is 12.5. The first-order valence-corrected chi connectivity index (χ1v) is 7.99. The number of carboxylic acids is 1. The van der Waals surface area contributed by atoms with Gasteiger partial charge in [0.15, 0.2) is 5.70 Å². The lowest BCUT2D eigenvalue weighted by Gasteiger charge is -2.36. The molecule has 0 saturated heterocycles. The second kappa shape index (κ2) is 7.92. The first kappa shape index (κ1) is 20.6. The third kappa shape index (κ3) is 5.41. The minimum absolute atomic E-state index is 0.253. The predicted molar refractivity (Wildman–Crippen MR) is 86.5 cm³/mol. The smallest absolute Gasteiger partial charge is 0.476 e. The van der Waals surface area contributed by atoms with Gasteiger partial charge in [-0.2, -0.15) is 0 Å². The van der Waals surface area contributed by atoms with Crippen LogP contribution in [0.25, 0.3) is 0 Å². The zero-order valence-corrected chi connectivity index (χ0v) is 14.1. The number of hydrogen-bond acceptors (Lipinski definition) is 7. The van der Waals surface area contributed by atoms with Crippen molar-refractivity contribution in [3.8, 4) is 5.75 Å². The number of alkyl halides is 3. The van der Waals surface area contributed by atoms with Crippen LogP contribution in [-0.4, -0.2) is 28.6 Å². The number of carboxylic acid groups (broad SMARTS) is 1. The molecule has 0 heterocycles. The molecule has 2 rings (SSSR count). The summed E-state index contributed by atoms with van der Waals surface area (Å²) in [6, 6.07) is 5.01. The van der Waals surface area contributed by atoms with E-state index in [-0.39, 0.29) is 24.5 Å². The zero-order chi connectivity index (χ0) is 20.2. The average molecular weight is 391 g/mol. The van der Waals surface area contributed by atoms with Crippen molar-refractivity contribution < 1.29 is 37.7 Å². The van der Waals surface area contributed by atoms with Gasteiger partial charge in [-0.15, -0.1) is 13.2 Å². The van der Waals surface area contributed by atoms with Crippen molar-refractivity contribution in [1.29, 1.82) is 0 Å². The second-order valence-corrected chi connectivity index (χ2v) is 6.11. The minimum atomic E-state index is -4.78. The molecule has 1 saturated carbocycles. The number of hydrazine groups is 1. The Kier molecular flexibility index (Phi) is 6.06. The van der Waals surface area contributed by atoms with Gasteiger partial charge in [-0.25, -0.2) is 4.79 Å². The van der Waals surface area contributed by atoms with Gasteiger partial charge >= 0.3 is 12.3 Å². The maximum atomic E-state index is 12.2. The van der Waals surface area contributed by atoms with Crippen LogP contribution in [0.2, 0.25) is 0 Å².